The molecule has 0 aromatic heterocycles. The third-order valence-electron chi connectivity index (χ3n) is 9.77. The third-order valence-corrected chi connectivity index (χ3v) is 9.77. The van der Waals surface area contributed by atoms with Crippen molar-refractivity contribution in [1.29, 1.82) is 0 Å². The van der Waals surface area contributed by atoms with Crippen LogP contribution in [-0.2, 0) is 14.3 Å². The Bertz CT molecular complexity index is 910. The first-order chi connectivity index (χ1) is 25.5. The van der Waals surface area contributed by atoms with E-state index in [1.165, 1.54) is 89.9 Å². The van der Waals surface area contributed by atoms with Crippen LogP contribution < -0.4 is 5.32 Å². The lowest BCUT2D eigenvalue weighted by Crippen LogP contribution is -2.46. The Balaban J connectivity index is 4.62. The molecule has 1 amide bonds. The van der Waals surface area contributed by atoms with Gasteiger partial charge in [-0.15, -0.1) is 0 Å². The molecule has 302 valence electrons. The summed E-state index contributed by atoms with van der Waals surface area (Å²) in [6.07, 6.45) is 46.0. The van der Waals surface area contributed by atoms with Crippen LogP contribution in [0.3, 0.4) is 0 Å². The predicted octanol–water partition coefficient (Wildman–Crippen LogP) is 12.3. The maximum atomic E-state index is 13.1. The fourth-order valence-corrected chi connectivity index (χ4v) is 6.44. The van der Waals surface area contributed by atoms with Crippen molar-refractivity contribution < 1.29 is 24.5 Å². The van der Waals surface area contributed by atoms with Crippen molar-refractivity contribution in [2.24, 2.45) is 0 Å². The van der Waals surface area contributed by atoms with Gasteiger partial charge in [0.15, 0.2) is 0 Å². The first-order valence-corrected chi connectivity index (χ1v) is 21.9. The molecule has 0 bridgehead atoms. The largest absolute Gasteiger partial charge is 0.462 e. The number of aliphatic hydroxyl groups excluding tert-OH is 2. The van der Waals surface area contributed by atoms with E-state index in [9.17, 15) is 19.8 Å². The molecule has 3 N–H and O–H groups in total. The number of hydrogen-bond acceptors (Lipinski definition) is 5. The Hall–Kier alpha value is -2.18. The molecular formula is C46H83NO5. The minimum Gasteiger partial charge on any atom is -0.462 e. The van der Waals surface area contributed by atoms with Crippen molar-refractivity contribution in [3.05, 3.63) is 48.6 Å². The molecule has 0 aromatic carbocycles. The highest BCUT2D eigenvalue weighted by atomic mass is 16.5. The van der Waals surface area contributed by atoms with Crippen molar-refractivity contribution in [2.75, 3.05) is 6.61 Å². The first kappa shape index (κ1) is 49.8. The average Bonchev–Trinajstić information content (AvgIpc) is 3.13. The zero-order valence-corrected chi connectivity index (χ0v) is 34.2. The summed E-state index contributed by atoms with van der Waals surface area (Å²) in [4.78, 5) is 25.9. The number of ether oxygens (including phenoxy) is 1. The summed E-state index contributed by atoms with van der Waals surface area (Å²) in [5.74, 6) is -0.522. The molecule has 0 rings (SSSR count). The minimum absolute atomic E-state index is 0.0623. The van der Waals surface area contributed by atoms with Crippen LogP contribution in [-0.4, -0.2) is 46.9 Å². The summed E-state index contributed by atoms with van der Waals surface area (Å²) >= 11 is 0. The summed E-state index contributed by atoms with van der Waals surface area (Å²) < 4.78 is 5.86. The quantitative estimate of drug-likeness (QED) is 0.0334. The fourth-order valence-electron chi connectivity index (χ4n) is 6.44. The molecule has 52 heavy (non-hydrogen) atoms. The summed E-state index contributed by atoms with van der Waals surface area (Å²) in [7, 11) is 0. The van der Waals surface area contributed by atoms with Gasteiger partial charge in [-0.2, -0.15) is 0 Å². The maximum Gasteiger partial charge on any atom is 0.306 e. The number of aliphatic hydroxyl groups is 2. The Morgan fingerprint density at radius 1 is 0.577 bits per heavy atom. The number of carbonyl (C=O) groups is 2. The van der Waals surface area contributed by atoms with E-state index in [0.717, 1.165) is 70.6 Å². The number of esters is 1. The van der Waals surface area contributed by atoms with Crippen LogP contribution in [0.2, 0.25) is 0 Å². The first-order valence-electron chi connectivity index (χ1n) is 21.9. The van der Waals surface area contributed by atoms with Gasteiger partial charge in [-0.3, -0.25) is 9.59 Å². The number of amides is 1. The lowest BCUT2D eigenvalue weighted by Gasteiger charge is -2.24. The molecule has 0 radical (unpaired) electrons. The molecule has 3 atom stereocenters. The number of allylic oxidation sites excluding steroid dienone is 8. The van der Waals surface area contributed by atoms with E-state index in [4.69, 9.17) is 4.74 Å². The Morgan fingerprint density at radius 2 is 1.04 bits per heavy atom. The van der Waals surface area contributed by atoms with Crippen LogP contribution in [0.4, 0.5) is 0 Å². The number of rotatable bonds is 38. The minimum atomic E-state index is -0.790. The molecule has 3 unspecified atom stereocenters. The van der Waals surface area contributed by atoms with Gasteiger partial charge >= 0.3 is 5.97 Å². The van der Waals surface area contributed by atoms with E-state index >= 15 is 0 Å². The van der Waals surface area contributed by atoms with Crippen LogP contribution >= 0.6 is 0 Å². The van der Waals surface area contributed by atoms with Crippen molar-refractivity contribution >= 4 is 11.9 Å². The summed E-state index contributed by atoms with van der Waals surface area (Å²) in [6.45, 7) is 6.29. The molecule has 0 aromatic rings. The van der Waals surface area contributed by atoms with Gasteiger partial charge in [0.2, 0.25) is 5.91 Å². The number of nitrogens with one attached hydrogen (secondary N) is 1. The lowest BCUT2D eigenvalue weighted by molar-refractivity contribution is -0.151. The maximum absolute atomic E-state index is 13.1. The topological polar surface area (TPSA) is 95.9 Å². The Labute approximate surface area is 321 Å². The average molecular weight is 730 g/mol. The van der Waals surface area contributed by atoms with Crippen molar-refractivity contribution in [3.8, 4) is 0 Å². The van der Waals surface area contributed by atoms with Gasteiger partial charge in [0.25, 0.3) is 0 Å². The Morgan fingerprint density at radius 3 is 1.56 bits per heavy atom. The Kier molecular flexibility index (Phi) is 38.3. The predicted molar refractivity (Wildman–Crippen MR) is 222 cm³/mol. The van der Waals surface area contributed by atoms with Crippen LogP contribution in [0, 0.1) is 0 Å². The summed E-state index contributed by atoms with van der Waals surface area (Å²) in [5.41, 5.74) is 0. The molecular weight excluding hydrogens is 647 g/mol. The second kappa shape index (κ2) is 40.0. The zero-order chi connectivity index (χ0) is 38.2. The van der Waals surface area contributed by atoms with Gasteiger partial charge in [0.1, 0.15) is 6.10 Å². The van der Waals surface area contributed by atoms with E-state index in [0.29, 0.717) is 19.3 Å². The van der Waals surface area contributed by atoms with Gasteiger partial charge < -0.3 is 20.3 Å². The van der Waals surface area contributed by atoms with Crippen LogP contribution in [0.25, 0.3) is 0 Å². The summed E-state index contributed by atoms with van der Waals surface area (Å²) in [6, 6.07) is -0.705. The highest BCUT2D eigenvalue weighted by Crippen LogP contribution is 2.17. The second-order valence-corrected chi connectivity index (χ2v) is 14.8. The van der Waals surface area contributed by atoms with Crippen molar-refractivity contribution in [1.82, 2.24) is 5.32 Å². The number of hydrogen-bond donors (Lipinski definition) is 3. The van der Waals surface area contributed by atoms with E-state index in [-0.39, 0.29) is 24.9 Å². The molecule has 0 aliphatic heterocycles. The molecule has 0 aliphatic rings. The van der Waals surface area contributed by atoms with Crippen LogP contribution in [0.1, 0.15) is 207 Å². The number of unbranched alkanes of at least 4 members (excludes halogenated alkanes) is 21. The van der Waals surface area contributed by atoms with Crippen molar-refractivity contribution in [2.45, 2.75) is 225 Å². The van der Waals surface area contributed by atoms with Gasteiger partial charge in [-0.25, -0.2) is 0 Å². The van der Waals surface area contributed by atoms with Gasteiger partial charge in [-0.05, 0) is 44.9 Å². The normalized spacial score (nSPS) is 13.9. The molecule has 0 saturated carbocycles. The lowest BCUT2D eigenvalue weighted by atomic mass is 10.0. The molecule has 0 aliphatic carbocycles. The van der Waals surface area contributed by atoms with E-state index < -0.39 is 18.2 Å². The monoisotopic (exact) mass is 730 g/mol. The molecule has 0 spiro atoms. The fraction of sp³-hybridized carbons (Fsp3) is 0.783. The van der Waals surface area contributed by atoms with Crippen LogP contribution in [0.15, 0.2) is 48.6 Å². The van der Waals surface area contributed by atoms with E-state index in [1.807, 2.05) is 30.4 Å². The third kappa shape index (κ3) is 34.9. The summed E-state index contributed by atoms with van der Waals surface area (Å²) in [5, 5.41) is 23.6. The number of carbonyl (C=O) groups excluding carboxylic acids is 2. The standard InChI is InChI=1S/C46H83NO5/c1-4-7-10-13-16-19-21-22-24-27-30-33-36-39-46(51)52-42(37-34-31-28-25-18-15-12-9-6-3)40-45(50)47-43(41-48)44(49)38-35-32-29-26-23-20-17-14-11-8-5-2/h7,10,13,16,19,21-22,24,42-44,48-49H,4-6,8-9,11-12,14-15,17-18,20,23,25-41H2,1-3H3,(H,47,50)/b10-7+,16-13+,21-19-,24-22-. The smallest absolute Gasteiger partial charge is 0.306 e. The molecule has 0 heterocycles. The molecule has 0 fully saturated rings. The van der Waals surface area contributed by atoms with E-state index in [1.54, 1.807) is 0 Å². The van der Waals surface area contributed by atoms with Crippen molar-refractivity contribution in [3.63, 3.8) is 0 Å². The van der Waals surface area contributed by atoms with Gasteiger partial charge in [0, 0.05) is 6.42 Å². The zero-order valence-electron chi connectivity index (χ0n) is 34.2. The van der Waals surface area contributed by atoms with Crippen LogP contribution in [0.5, 0.6) is 0 Å². The highest BCUT2D eigenvalue weighted by Gasteiger charge is 2.24. The second-order valence-electron chi connectivity index (χ2n) is 14.8. The molecule has 6 nitrogen and oxygen atoms in total. The van der Waals surface area contributed by atoms with Gasteiger partial charge in [0.05, 0.1) is 25.2 Å². The molecule has 0 saturated heterocycles. The van der Waals surface area contributed by atoms with Gasteiger partial charge in [-0.1, -0.05) is 198 Å². The van der Waals surface area contributed by atoms with E-state index in [2.05, 4.69) is 44.3 Å². The highest BCUT2D eigenvalue weighted by molar-refractivity contribution is 5.77. The molecule has 6 heteroatoms. The SMILES string of the molecule is CC/C=C/C=C/C=C\C=C/CCCCCC(=O)OC(CCCCCCCCCCC)CC(=O)NC(CO)C(O)CCCCCCCCCCCCC.